The molecule has 1 atom stereocenters. The van der Waals surface area contributed by atoms with Crippen LogP contribution in [-0.2, 0) is 14.2 Å². The molecule has 1 rings (SSSR count). The molecule has 5 nitrogen and oxygen atoms in total. The van der Waals surface area contributed by atoms with Crippen molar-refractivity contribution in [2.24, 2.45) is 5.84 Å². The predicted octanol–water partition coefficient (Wildman–Crippen LogP) is 0.831. The maximum Gasteiger partial charge on any atom is 0.0914 e. The van der Waals surface area contributed by atoms with Gasteiger partial charge in [-0.05, 0) is 13.3 Å². The molecule has 1 aliphatic rings. The minimum Gasteiger partial charge on any atom is -0.381 e. The molecule has 0 radical (unpaired) electrons. The lowest BCUT2D eigenvalue weighted by Gasteiger charge is -2.42. The smallest absolute Gasteiger partial charge is 0.0914 e. The van der Waals surface area contributed by atoms with E-state index in [9.17, 15) is 0 Å². The molecule has 0 aliphatic carbocycles. The van der Waals surface area contributed by atoms with E-state index in [-0.39, 0.29) is 11.6 Å². The molecular formula is C12H26N2O3. The van der Waals surface area contributed by atoms with Gasteiger partial charge in [-0.2, -0.15) is 0 Å². The molecule has 0 bridgehead atoms. The molecule has 0 aromatic heterocycles. The second-order valence-electron chi connectivity index (χ2n) is 4.40. The largest absolute Gasteiger partial charge is 0.381 e. The zero-order valence-electron chi connectivity index (χ0n) is 11.0. The molecule has 0 aromatic rings. The fourth-order valence-electron chi connectivity index (χ4n) is 2.30. The second-order valence-corrected chi connectivity index (χ2v) is 4.40. The molecule has 0 spiro atoms. The molecule has 5 heteroatoms. The monoisotopic (exact) mass is 246 g/mol. The lowest BCUT2D eigenvalue weighted by atomic mass is 9.86. The fourth-order valence-corrected chi connectivity index (χ4v) is 2.30. The van der Waals surface area contributed by atoms with Crippen molar-refractivity contribution in [3.63, 3.8) is 0 Å². The van der Waals surface area contributed by atoms with Gasteiger partial charge in [0.25, 0.3) is 0 Å². The van der Waals surface area contributed by atoms with E-state index in [0.717, 1.165) is 39.1 Å². The summed E-state index contributed by atoms with van der Waals surface area (Å²) in [7, 11) is 0. The van der Waals surface area contributed by atoms with E-state index in [2.05, 4.69) is 12.3 Å². The van der Waals surface area contributed by atoms with Gasteiger partial charge in [0.1, 0.15) is 0 Å². The van der Waals surface area contributed by atoms with Crippen molar-refractivity contribution in [1.29, 1.82) is 0 Å². The van der Waals surface area contributed by atoms with Crippen molar-refractivity contribution < 1.29 is 14.2 Å². The predicted molar refractivity (Wildman–Crippen MR) is 66.6 cm³/mol. The fraction of sp³-hybridized carbons (Fsp3) is 1.00. The normalized spacial score (nSPS) is 21.4. The Balaban J connectivity index is 2.57. The standard InChI is InChI=1S/C12H26N2O3/c1-3-7-16-10-11(14-13)12(17-4-2)5-8-15-9-6-12/h11,14H,3-10,13H2,1-2H3. The van der Waals surface area contributed by atoms with E-state index < -0.39 is 0 Å². The van der Waals surface area contributed by atoms with Gasteiger partial charge in [-0.3, -0.25) is 11.3 Å². The number of nitrogens with one attached hydrogen (secondary N) is 1. The van der Waals surface area contributed by atoms with Gasteiger partial charge in [0.05, 0.1) is 18.2 Å². The van der Waals surface area contributed by atoms with Gasteiger partial charge in [0.2, 0.25) is 0 Å². The van der Waals surface area contributed by atoms with E-state index in [1.54, 1.807) is 0 Å². The van der Waals surface area contributed by atoms with Crippen LogP contribution in [0.25, 0.3) is 0 Å². The van der Waals surface area contributed by atoms with E-state index in [1.807, 2.05) is 6.92 Å². The Morgan fingerprint density at radius 2 is 2.06 bits per heavy atom. The van der Waals surface area contributed by atoms with Gasteiger partial charge < -0.3 is 14.2 Å². The summed E-state index contributed by atoms with van der Waals surface area (Å²) >= 11 is 0. The molecule has 0 aromatic carbocycles. The molecule has 1 saturated heterocycles. The number of rotatable bonds is 8. The highest BCUT2D eigenvalue weighted by Gasteiger charge is 2.40. The SMILES string of the molecule is CCCOCC(NN)C1(OCC)CCOCC1. The maximum atomic E-state index is 5.95. The number of nitrogens with two attached hydrogens (primary N) is 1. The average Bonchev–Trinajstić information content (AvgIpc) is 2.36. The Hall–Kier alpha value is -0.200. The van der Waals surface area contributed by atoms with Crippen molar-refractivity contribution >= 4 is 0 Å². The summed E-state index contributed by atoms with van der Waals surface area (Å²) in [5, 5.41) is 0. The van der Waals surface area contributed by atoms with Crippen LogP contribution < -0.4 is 11.3 Å². The van der Waals surface area contributed by atoms with Gasteiger partial charge >= 0.3 is 0 Å². The first-order valence-corrected chi connectivity index (χ1v) is 6.54. The third-order valence-corrected chi connectivity index (χ3v) is 3.24. The van der Waals surface area contributed by atoms with Gasteiger partial charge in [-0.15, -0.1) is 0 Å². The van der Waals surface area contributed by atoms with Crippen LogP contribution in [0.5, 0.6) is 0 Å². The second kappa shape index (κ2) is 8.00. The summed E-state index contributed by atoms with van der Waals surface area (Å²) in [5.74, 6) is 5.65. The zero-order chi connectivity index (χ0) is 12.6. The highest BCUT2D eigenvalue weighted by molar-refractivity contribution is 4.94. The first-order chi connectivity index (χ1) is 8.29. The molecular weight excluding hydrogens is 220 g/mol. The molecule has 3 N–H and O–H groups in total. The lowest BCUT2D eigenvalue weighted by molar-refractivity contribution is -0.137. The molecule has 1 heterocycles. The van der Waals surface area contributed by atoms with E-state index in [4.69, 9.17) is 20.1 Å². The highest BCUT2D eigenvalue weighted by Crippen LogP contribution is 2.29. The number of ether oxygens (including phenoxy) is 3. The average molecular weight is 246 g/mol. The zero-order valence-corrected chi connectivity index (χ0v) is 11.0. The van der Waals surface area contributed by atoms with Gasteiger partial charge in [-0.25, -0.2) is 0 Å². The summed E-state index contributed by atoms with van der Waals surface area (Å²) in [6, 6.07) is 0.0258. The van der Waals surface area contributed by atoms with Crippen LogP contribution in [0.1, 0.15) is 33.1 Å². The van der Waals surface area contributed by atoms with Crippen LogP contribution in [0.3, 0.4) is 0 Å². The topological polar surface area (TPSA) is 65.7 Å². The number of hydrogen-bond acceptors (Lipinski definition) is 5. The van der Waals surface area contributed by atoms with Crippen LogP contribution in [0.15, 0.2) is 0 Å². The highest BCUT2D eigenvalue weighted by atomic mass is 16.5. The van der Waals surface area contributed by atoms with E-state index >= 15 is 0 Å². The molecule has 1 aliphatic heterocycles. The van der Waals surface area contributed by atoms with Gasteiger partial charge in [-0.1, -0.05) is 6.92 Å². The first-order valence-electron chi connectivity index (χ1n) is 6.54. The third kappa shape index (κ3) is 4.19. The van der Waals surface area contributed by atoms with Crippen molar-refractivity contribution in [1.82, 2.24) is 5.43 Å². The Bertz CT molecular complexity index is 191. The summed E-state index contributed by atoms with van der Waals surface area (Å²) in [6.45, 7) is 7.60. The quantitative estimate of drug-likeness (QED) is 0.377. The molecule has 0 amide bonds. The minimum atomic E-state index is -0.241. The molecule has 102 valence electrons. The summed E-state index contributed by atoms with van der Waals surface area (Å²) in [6.07, 6.45) is 2.75. The van der Waals surface area contributed by atoms with Crippen molar-refractivity contribution in [2.45, 2.75) is 44.8 Å². The van der Waals surface area contributed by atoms with Crippen LogP contribution >= 0.6 is 0 Å². The number of hydrazine groups is 1. The van der Waals surface area contributed by atoms with Crippen LogP contribution in [-0.4, -0.2) is 44.7 Å². The lowest BCUT2D eigenvalue weighted by Crippen LogP contribution is -2.59. The first kappa shape index (κ1) is 14.9. The Kier molecular flexibility index (Phi) is 6.99. The van der Waals surface area contributed by atoms with E-state index in [1.165, 1.54) is 0 Å². The summed E-state index contributed by atoms with van der Waals surface area (Å²) < 4.78 is 17.0. The van der Waals surface area contributed by atoms with Crippen LogP contribution in [0, 0.1) is 0 Å². The van der Waals surface area contributed by atoms with Gasteiger partial charge in [0.15, 0.2) is 0 Å². The minimum absolute atomic E-state index is 0.0258. The third-order valence-electron chi connectivity index (χ3n) is 3.24. The summed E-state index contributed by atoms with van der Waals surface area (Å²) in [4.78, 5) is 0. The van der Waals surface area contributed by atoms with Crippen LogP contribution in [0.2, 0.25) is 0 Å². The van der Waals surface area contributed by atoms with E-state index in [0.29, 0.717) is 13.2 Å². The number of hydrogen-bond donors (Lipinski definition) is 2. The van der Waals surface area contributed by atoms with Crippen molar-refractivity contribution in [3.8, 4) is 0 Å². The van der Waals surface area contributed by atoms with Crippen molar-refractivity contribution in [2.75, 3.05) is 33.0 Å². The Morgan fingerprint density at radius 1 is 1.35 bits per heavy atom. The summed E-state index contributed by atoms with van der Waals surface area (Å²) in [5.41, 5.74) is 2.61. The van der Waals surface area contributed by atoms with Crippen LogP contribution in [0.4, 0.5) is 0 Å². The molecule has 1 fully saturated rings. The molecule has 1 unspecified atom stereocenters. The van der Waals surface area contributed by atoms with Gasteiger partial charge in [0, 0.05) is 39.3 Å². The van der Waals surface area contributed by atoms with Crippen molar-refractivity contribution in [3.05, 3.63) is 0 Å². The molecule has 0 saturated carbocycles. The Labute approximate surface area is 104 Å². The molecule has 17 heavy (non-hydrogen) atoms. The Morgan fingerprint density at radius 3 is 2.59 bits per heavy atom. The maximum absolute atomic E-state index is 5.95.